The van der Waals surface area contributed by atoms with Crippen molar-refractivity contribution in [1.29, 1.82) is 0 Å². The summed E-state index contributed by atoms with van der Waals surface area (Å²) >= 11 is 0. The Hall–Kier alpha value is -2.50. The molecule has 0 atom stereocenters. The maximum Gasteiger partial charge on any atom is 0.340 e. The van der Waals surface area contributed by atoms with Crippen LogP contribution in [-0.2, 0) is 4.74 Å². The van der Waals surface area contributed by atoms with Crippen LogP contribution in [0.1, 0.15) is 17.3 Å². The highest BCUT2D eigenvalue weighted by atomic mass is 16.5. The molecule has 1 aromatic heterocycles. The first-order valence-corrected chi connectivity index (χ1v) is 5.39. The van der Waals surface area contributed by atoms with E-state index >= 15 is 0 Å². The topological polar surface area (TPSA) is 73.6 Å². The Morgan fingerprint density at radius 3 is 2.94 bits per heavy atom. The minimum absolute atomic E-state index is 0.0500. The largest absolute Gasteiger partial charge is 0.462 e. The standard InChI is InChI=1S/C12H11N3O3/c1-2-18-12(16)9-4-3-5-10(11(9)14-17)15-7-6-13-8-15/h3-8H,2H2,1H3. The molecule has 0 saturated heterocycles. The zero-order valence-corrected chi connectivity index (χ0v) is 9.74. The monoisotopic (exact) mass is 245 g/mol. The minimum atomic E-state index is -0.561. The Morgan fingerprint density at radius 2 is 2.33 bits per heavy atom. The van der Waals surface area contributed by atoms with Crippen LogP contribution in [0.5, 0.6) is 0 Å². The molecule has 18 heavy (non-hydrogen) atoms. The van der Waals surface area contributed by atoms with Gasteiger partial charge in [0.2, 0.25) is 0 Å². The molecule has 0 N–H and O–H groups in total. The van der Waals surface area contributed by atoms with E-state index in [0.717, 1.165) is 0 Å². The Labute approximate surface area is 103 Å². The van der Waals surface area contributed by atoms with Crippen molar-refractivity contribution in [1.82, 2.24) is 9.55 Å². The van der Waals surface area contributed by atoms with Gasteiger partial charge in [0, 0.05) is 12.4 Å². The summed E-state index contributed by atoms with van der Waals surface area (Å²) in [5.41, 5.74) is 0.694. The van der Waals surface area contributed by atoms with Gasteiger partial charge in [0.05, 0.1) is 24.2 Å². The lowest BCUT2D eigenvalue weighted by atomic mass is 10.1. The summed E-state index contributed by atoms with van der Waals surface area (Å²) < 4.78 is 6.49. The maximum absolute atomic E-state index is 11.7. The van der Waals surface area contributed by atoms with Crippen LogP contribution in [-0.4, -0.2) is 22.1 Å². The van der Waals surface area contributed by atoms with Crippen LogP contribution < -0.4 is 0 Å². The van der Waals surface area contributed by atoms with Crippen LogP contribution in [0.3, 0.4) is 0 Å². The molecule has 1 heterocycles. The minimum Gasteiger partial charge on any atom is -0.462 e. The van der Waals surface area contributed by atoms with Crippen LogP contribution >= 0.6 is 0 Å². The van der Waals surface area contributed by atoms with Crippen molar-refractivity contribution >= 4 is 11.7 Å². The van der Waals surface area contributed by atoms with E-state index in [4.69, 9.17) is 4.74 Å². The molecule has 6 heteroatoms. The van der Waals surface area contributed by atoms with Crippen molar-refractivity contribution in [3.05, 3.63) is 47.4 Å². The molecule has 0 aliphatic heterocycles. The third-order valence-corrected chi connectivity index (χ3v) is 2.38. The van der Waals surface area contributed by atoms with Crippen LogP contribution in [0.4, 0.5) is 5.69 Å². The third kappa shape index (κ3) is 2.13. The van der Waals surface area contributed by atoms with E-state index in [2.05, 4.69) is 10.2 Å². The number of benzene rings is 1. The smallest absolute Gasteiger partial charge is 0.340 e. The van der Waals surface area contributed by atoms with Crippen molar-refractivity contribution in [3.8, 4) is 5.69 Å². The number of hydrogen-bond acceptors (Lipinski definition) is 5. The van der Waals surface area contributed by atoms with Gasteiger partial charge in [0.25, 0.3) is 0 Å². The molecule has 0 fully saturated rings. The van der Waals surface area contributed by atoms with Gasteiger partial charge in [-0.3, -0.25) is 0 Å². The maximum atomic E-state index is 11.7. The fourth-order valence-electron chi connectivity index (χ4n) is 1.61. The first-order valence-electron chi connectivity index (χ1n) is 5.39. The van der Waals surface area contributed by atoms with Gasteiger partial charge in [0.15, 0.2) is 0 Å². The molecule has 0 aliphatic rings. The predicted molar refractivity (Wildman–Crippen MR) is 65.0 cm³/mol. The quantitative estimate of drug-likeness (QED) is 0.612. The number of nitroso groups, excluding NO2 is 1. The number of imidazole rings is 1. The van der Waals surface area contributed by atoms with Gasteiger partial charge in [-0.15, -0.1) is 4.91 Å². The summed E-state index contributed by atoms with van der Waals surface area (Å²) in [6.07, 6.45) is 4.77. The van der Waals surface area contributed by atoms with Crippen LogP contribution in [0, 0.1) is 4.91 Å². The van der Waals surface area contributed by atoms with E-state index in [1.54, 1.807) is 36.0 Å². The number of carbonyl (C=O) groups is 1. The van der Waals surface area contributed by atoms with Crippen molar-refractivity contribution in [3.63, 3.8) is 0 Å². The Kier molecular flexibility index (Phi) is 3.47. The van der Waals surface area contributed by atoms with Crippen LogP contribution in [0.15, 0.2) is 42.1 Å². The number of carbonyl (C=O) groups excluding carboxylic acids is 1. The average molecular weight is 245 g/mol. The van der Waals surface area contributed by atoms with E-state index in [0.29, 0.717) is 5.69 Å². The second-order valence-corrected chi connectivity index (χ2v) is 3.46. The summed E-state index contributed by atoms with van der Waals surface area (Å²) in [4.78, 5) is 26.5. The van der Waals surface area contributed by atoms with Gasteiger partial charge in [-0.25, -0.2) is 9.78 Å². The highest BCUT2D eigenvalue weighted by Crippen LogP contribution is 2.28. The molecule has 2 aromatic rings. The molecule has 0 aliphatic carbocycles. The zero-order chi connectivity index (χ0) is 13.0. The van der Waals surface area contributed by atoms with Crippen LogP contribution in [0.25, 0.3) is 5.69 Å². The highest BCUT2D eigenvalue weighted by molar-refractivity contribution is 5.96. The summed E-state index contributed by atoms with van der Waals surface area (Å²) in [5.74, 6) is -0.561. The summed E-state index contributed by atoms with van der Waals surface area (Å²) in [5, 5.41) is 2.93. The van der Waals surface area contributed by atoms with E-state index in [1.807, 2.05) is 0 Å². The lowest BCUT2D eigenvalue weighted by Gasteiger charge is -2.08. The molecule has 0 radical (unpaired) electrons. The van der Waals surface area contributed by atoms with E-state index < -0.39 is 5.97 Å². The number of esters is 1. The number of rotatable bonds is 4. The summed E-state index contributed by atoms with van der Waals surface area (Å²) in [7, 11) is 0. The van der Waals surface area contributed by atoms with Gasteiger partial charge in [-0.05, 0) is 24.2 Å². The van der Waals surface area contributed by atoms with Crippen molar-refractivity contribution in [2.45, 2.75) is 6.92 Å². The van der Waals surface area contributed by atoms with Gasteiger partial charge < -0.3 is 9.30 Å². The number of aromatic nitrogens is 2. The molecular weight excluding hydrogens is 234 g/mol. The first kappa shape index (κ1) is 12.0. The molecule has 2 rings (SSSR count). The van der Waals surface area contributed by atoms with Crippen molar-refractivity contribution in [2.75, 3.05) is 6.61 Å². The number of nitrogens with zero attached hydrogens (tertiary/aromatic N) is 3. The fraction of sp³-hybridized carbons (Fsp3) is 0.167. The van der Waals surface area contributed by atoms with Crippen molar-refractivity contribution in [2.24, 2.45) is 5.18 Å². The summed E-state index contributed by atoms with van der Waals surface area (Å²) in [6, 6.07) is 4.85. The molecule has 0 bridgehead atoms. The molecule has 0 amide bonds. The molecule has 0 unspecified atom stereocenters. The average Bonchev–Trinajstić information content (AvgIpc) is 2.91. The van der Waals surface area contributed by atoms with E-state index in [-0.39, 0.29) is 17.9 Å². The number of hydrogen-bond donors (Lipinski definition) is 0. The SMILES string of the molecule is CCOC(=O)c1cccc(-n2ccnc2)c1N=O. The van der Waals surface area contributed by atoms with Crippen molar-refractivity contribution < 1.29 is 9.53 Å². The van der Waals surface area contributed by atoms with E-state index in [9.17, 15) is 9.70 Å². The number of ether oxygens (including phenoxy) is 1. The normalized spacial score (nSPS) is 10.1. The molecule has 6 nitrogen and oxygen atoms in total. The Morgan fingerprint density at radius 1 is 1.50 bits per heavy atom. The fourth-order valence-corrected chi connectivity index (χ4v) is 1.61. The highest BCUT2D eigenvalue weighted by Gasteiger charge is 2.17. The molecule has 0 spiro atoms. The zero-order valence-electron chi connectivity index (χ0n) is 9.74. The second kappa shape index (κ2) is 5.22. The molecule has 0 saturated carbocycles. The van der Waals surface area contributed by atoms with Gasteiger partial charge >= 0.3 is 5.97 Å². The lowest BCUT2D eigenvalue weighted by molar-refractivity contribution is 0.0527. The summed E-state index contributed by atoms with van der Waals surface area (Å²) in [6.45, 7) is 1.94. The molecular formula is C12H11N3O3. The lowest BCUT2D eigenvalue weighted by Crippen LogP contribution is -2.06. The molecule has 92 valence electrons. The molecule has 1 aromatic carbocycles. The predicted octanol–water partition coefficient (Wildman–Crippen LogP) is 2.45. The first-order chi connectivity index (χ1) is 8.77. The Bertz CT molecular complexity index is 564. The third-order valence-electron chi connectivity index (χ3n) is 2.38. The van der Waals surface area contributed by atoms with Crippen LogP contribution in [0.2, 0.25) is 0 Å². The Balaban J connectivity index is 2.53. The second-order valence-electron chi connectivity index (χ2n) is 3.46. The van der Waals surface area contributed by atoms with Gasteiger partial charge in [0.1, 0.15) is 5.69 Å². The van der Waals surface area contributed by atoms with Gasteiger partial charge in [-0.1, -0.05) is 6.07 Å². The van der Waals surface area contributed by atoms with Gasteiger partial charge in [-0.2, -0.15) is 0 Å². The van der Waals surface area contributed by atoms with E-state index in [1.165, 1.54) is 12.4 Å².